The lowest BCUT2D eigenvalue weighted by Gasteiger charge is -2.09. The van der Waals surface area contributed by atoms with E-state index in [1.165, 1.54) is 11.8 Å². The predicted octanol–water partition coefficient (Wildman–Crippen LogP) is 2.75. The number of anilines is 1. The van der Waals surface area contributed by atoms with E-state index in [9.17, 15) is 10.1 Å². The minimum Gasteiger partial charge on any atom is -0.292 e. The van der Waals surface area contributed by atoms with Crippen molar-refractivity contribution in [1.82, 2.24) is 9.97 Å². The average molecular weight is 305 g/mol. The number of hydrazine groups is 1. The third kappa shape index (κ3) is 3.29. The number of hydrogen-bond acceptors (Lipinski definition) is 7. The summed E-state index contributed by atoms with van der Waals surface area (Å²) in [5.74, 6) is 5.47. The Morgan fingerprint density at radius 3 is 2.62 bits per heavy atom. The van der Waals surface area contributed by atoms with Crippen molar-refractivity contribution in [2.75, 3.05) is 5.43 Å². The molecule has 7 nitrogen and oxygen atoms in total. The second kappa shape index (κ2) is 6.06. The van der Waals surface area contributed by atoms with E-state index in [1.54, 1.807) is 6.92 Å². The van der Waals surface area contributed by atoms with Crippen molar-refractivity contribution in [3.63, 3.8) is 0 Å². The van der Waals surface area contributed by atoms with Crippen molar-refractivity contribution >= 4 is 23.4 Å². The van der Waals surface area contributed by atoms with Gasteiger partial charge < -0.3 is 0 Å². The summed E-state index contributed by atoms with van der Waals surface area (Å²) in [6.45, 7) is 5.48. The Hall–Kier alpha value is -2.19. The normalized spacial score (nSPS) is 10.5. The number of aromatic nitrogens is 2. The minimum atomic E-state index is -0.469. The molecule has 0 atom stereocenters. The molecule has 0 aliphatic rings. The van der Waals surface area contributed by atoms with Crippen LogP contribution in [0.1, 0.15) is 16.8 Å². The van der Waals surface area contributed by atoms with Crippen LogP contribution in [-0.2, 0) is 0 Å². The molecule has 0 radical (unpaired) electrons. The Balaban J connectivity index is 2.54. The minimum absolute atomic E-state index is 0.0973. The molecule has 0 unspecified atom stereocenters. The van der Waals surface area contributed by atoms with Crippen LogP contribution in [0, 0.1) is 30.9 Å². The first-order valence-electron chi connectivity index (χ1n) is 6.17. The van der Waals surface area contributed by atoms with Crippen molar-refractivity contribution < 1.29 is 4.92 Å². The van der Waals surface area contributed by atoms with Gasteiger partial charge in [0.2, 0.25) is 5.95 Å². The van der Waals surface area contributed by atoms with Crippen molar-refractivity contribution in [1.29, 1.82) is 0 Å². The Labute approximate surface area is 126 Å². The van der Waals surface area contributed by atoms with Crippen LogP contribution in [-0.4, -0.2) is 14.9 Å². The summed E-state index contributed by atoms with van der Waals surface area (Å²) in [6, 6.07) is 5.93. The molecule has 0 fully saturated rings. The van der Waals surface area contributed by atoms with Gasteiger partial charge in [0.25, 0.3) is 0 Å². The van der Waals surface area contributed by atoms with Gasteiger partial charge >= 0.3 is 5.69 Å². The van der Waals surface area contributed by atoms with Crippen LogP contribution in [0.3, 0.4) is 0 Å². The lowest BCUT2D eigenvalue weighted by atomic mass is 10.2. The molecular formula is C13H15N5O2S. The van der Waals surface area contributed by atoms with Gasteiger partial charge in [-0.1, -0.05) is 23.9 Å². The summed E-state index contributed by atoms with van der Waals surface area (Å²) >= 11 is 1.24. The number of nitrogens with two attached hydrogens (primary N) is 1. The summed E-state index contributed by atoms with van der Waals surface area (Å²) in [5.41, 5.74) is 4.61. The van der Waals surface area contributed by atoms with Gasteiger partial charge in [-0.15, -0.1) is 0 Å². The topological polar surface area (TPSA) is 107 Å². The van der Waals surface area contributed by atoms with Gasteiger partial charge in [-0.3, -0.25) is 15.5 Å². The van der Waals surface area contributed by atoms with E-state index in [-0.39, 0.29) is 22.4 Å². The first-order valence-corrected chi connectivity index (χ1v) is 6.98. The Bertz CT molecular complexity index is 705. The van der Waals surface area contributed by atoms with Gasteiger partial charge in [0.15, 0.2) is 5.03 Å². The van der Waals surface area contributed by atoms with E-state index in [0.717, 1.165) is 16.0 Å². The lowest BCUT2D eigenvalue weighted by molar-refractivity contribution is -0.389. The molecule has 0 saturated heterocycles. The highest BCUT2D eigenvalue weighted by atomic mass is 32.2. The second-order valence-corrected chi connectivity index (χ2v) is 5.59. The highest BCUT2D eigenvalue weighted by molar-refractivity contribution is 7.99. The average Bonchev–Trinajstić information content (AvgIpc) is 2.41. The van der Waals surface area contributed by atoms with Crippen molar-refractivity contribution in [2.24, 2.45) is 5.84 Å². The summed E-state index contributed by atoms with van der Waals surface area (Å²) < 4.78 is 0. The summed E-state index contributed by atoms with van der Waals surface area (Å²) in [6.07, 6.45) is 0. The largest absolute Gasteiger partial charge is 0.322 e. The van der Waals surface area contributed by atoms with Crippen LogP contribution < -0.4 is 11.3 Å². The Kier molecular flexibility index (Phi) is 4.39. The molecule has 1 aromatic heterocycles. The Morgan fingerprint density at radius 2 is 2.00 bits per heavy atom. The van der Waals surface area contributed by atoms with E-state index in [4.69, 9.17) is 5.84 Å². The first-order chi connectivity index (χ1) is 9.92. The maximum absolute atomic E-state index is 11.2. The summed E-state index contributed by atoms with van der Waals surface area (Å²) in [7, 11) is 0. The number of aryl methyl sites for hydroxylation is 3. The van der Waals surface area contributed by atoms with Crippen molar-refractivity contribution in [2.45, 2.75) is 30.7 Å². The molecule has 3 N–H and O–H groups in total. The molecule has 0 amide bonds. The number of nitrogens with one attached hydrogen (secondary N) is 1. The van der Waals surface area contributed by atoms with E-state index in [1.807, 2.05) is 32.0 Å². The van der Waals surface area contributed by atoms with Crippen LogP contribution >= 0.6 is 11.8 Å². The fourth-order valence-electron chi connectivity index (χ4n) is 1.81. The zero-order valence-corrected chi connectivity index (χ0v) is 12.7. The number of nitrogen functional groups attached to an aromatic ring is 1. The SMILES string of the molecule is Cc1ccc(C)c(Sc2nc(NN)nc(C)c2[N+](=O)[O-])c1. The van der Waals surface area contributed by atoms with Crippen LogP contribution in [0.25, 0.3) is 0 Å². The van der Waals surface area contributed by atoms with Crippen LogP contribution in [0.2, 0.25) is 0 Å². The molecule has 1 aromatic carbocycles. The summed E-state index contributed by atoms with van der Waals surface area (Å²) in [5, 5.41) is 11.5. The van der Waals surface area contributed by atoms with Gasteiger partial charge in [-0.25, -0.2) is 10.8 Å². The molecule has 2 rings (SSSR count). The smallest absolute Gasteiger partial charge is 0.292 e. The monoisotopic (exact) mass is 305 g/mol. The standard InChI is InChI=1S/C13H15N5O2S/c1-7-4-5-8(2)10(6-7)21-12-11(18(19)20)9(3)15-13(16-12)17-14/h4-6H,14H2,1-3H3,(H,15,16,17). The van der Waals surface area contributed by atoms with Gasteiger partial charge in [0.1, 0.15) is 5.69 Å². The van der Waals surface area contributed by atoms with E-state index >= 15 is 0 Å². The van der Waals surface area contributed by atoms with E-state index in [2.05, 4.69) is 15.4 Å². The molecule has 21 heavy (non-hydrogen) atoms. The van der Waals surface area contributed by atoms with Crippen molar-refractivity contribution in [3.8, 4) is 0 Å². The van der Waals surface area contributed by atoms with Gasteiger partial charge in [0.05, 0.1) is 4.92 Å². The van der Waals surface area contributed by atoms with Crippen LogP contribution in [0.15, 0.2) is 28.1 Å². The number of hydrogen-bond donors (Lipinski definition) is 2. The zero-order valence-electron chi connectivity index (χ0n) is 11.9. The summed E-state index contributed by atoms with van der Waals surface area (Å²) in [4.78, 5) is 19.8. The molecule has 1 heterocycles. The first kappa shape index (κ1) is 15.2. The molecular weight excluding hydrogens is 290 g/mol. The zero-order chi connectivity index (χ0) is 15.6. The third-order valence-corrected chi connectivity index (χ3v) is 4.03. The second-order valence-electron chi connectivity index (χ2n) is 4.56. The maximum atomic E-state index is 11.2. The molecule has 2 aromatic rings. The van der Waals surface area contributed by atoms with Gasteiger partial charge in [-0.2, -0.15) is 4.98 Å². The fourth-order valence-corrected chi connectivity index (χ4v) is 2.94. The number of rotatable bonds is 4. The lowest BCUT2D eigenvalue weighted by Crippen LogP contribution is -2.12. The highest BCUT2D eigenvalue weighted by Gasteiger charge is 2.23. The molecule has 0 aliphatic carbocycles. The molecule has 0 aliphatic heterocycles. The Morgan fingerprint density at radius 1 is 1.29 bits per heavy atom. The maximum Gasteiger partial charge on any atom is 0.322 e. The molecule has 8 heteroatoms. The fraction of sp³-hybridized carbons (Fsp3) is 0.231. The van der Waals surface area contributed by atoms with Gasteiger partial charge in [0, 0.05) is 4.90 Å². The van der Waals surface area contributed by atoms with Crippen LogP contribution in [0.5, 0.6) is 0 Å². The van der Waals surface area contributed by atoms with E-state index in [0.29, 0.717) is 0 Å². The molecule has 0 spiro atoms. The van der Waals surface area contributed by atoms with Crippen LogP contribution in [0.4, 0.5) is 11.6 Å². The number of benzene rings is 1. The van der Waals surface area contributed by atoms with Crippen molar-refractivity contribution in [3.05, 3.63) is 45.1 Å². The van der Waals surface area contributed by atoms with Gasteiger partial charge in [-0.05, 0) is 38.0 Å². The predicted molar refractivity (Wildman–Crippen MR) is 81.3 cm³/mol. The molecule has 0 bridgehead atoms. The highest BCUT2D eigenvalue weighted by Crippen LogP contribution is 2.37. The number of nitrogens with zero attached hydrogens (tertiary/aromatic N) is 3. The van der Waals surface area contributed by atoms with E-state index < -0.39 is 4.92 Å². The third-order valence-electron chi connectivity index (χ3n) is 2.89. The quantitative estimate of drug-likeness (QED) is 0.387. The number of nitro groups is 1. The molecule has 110 valence electrons. The molecule has 0 saturated carbocycles.